The van der Waals surface area contributed by atoms with Crippen LogP contribution in [0.2, 0.25) is 0 Å². The van der Waals surface area contributed by atoms with Crippen LogP contribution in [-0.2, 0) is 16.6 Å². The van der Waals surface area contributed by atoms with Crippen LogP contribution in [0.3, 0.4) is 0 Å². The third kappa shape index (κ3) is 3.96. The second kappa shape index (κ2) is 7.66. The van der Waals surface area contributed by atoms with Crippen LogP contribution >= 0.6 is 0 Å². The van der Waals surface area contributed by atoms with Gasteiger partial charge in [-0.25, -0.2) is 8.42 Å². The fourth-order valence-corrected chi connectivity index (χ4v) is 5.11. The minimum absolute atomic E-state index is 0.00492. The first kappa shape index (κ1) is 19.3. The van der Waals surface area contributed by atoms with Crippen LogP contribution in [0, 0.1) is 17.0 Å². The van der Waals surface area contributed by atoms with Gasteiger partial charge >= 0.3 is 0 Å². The molecule has 2 aromatic rings. The summed E-state index contributed by atoms with van der Waals surface area (Å²) in [5.41, 5.74) is 2.43. The largest absolute Gasteiger partial charge is 0.369 e. The summed E-state index contributed by atoms with van der Waals surface area (Å²) in [7, 11) is -1.98. The van der Waals surface area contributed by atoms with Crippen molar-refractivity contribution in [1.82, 2.24) is 4.31 Å². The Morgan fingerprint density at radius 1 is 1.15 bits per heavy atom. The maximum atomic E-state index is 13.1. The Hall–Kier alpha value is -2.45. The molecule has 0 N–H and O–H groups in total. The molecule has 0 spiro atoms. The van der Waals surface area contributed by atoms with E-state index in [1.807, 2.05) is 36.1 Å². The van der Waals surface area contributed by atoms with Gasteiger partial charge in [0, 0.05) is 38.8 Å². The molecule has 3 rings (SSSR count). The van der Waals surface area contributed by atoms with Gasteiger partial charge in [-0.05, 0) is 37.0 Å². The summed E-state index contributed by atoms with van der Waals surface area (Å²) in [6.45, 7) is 3.41. The van der Waals surface area contributed by atoms with Crippen LogP contribution in [0.5, 0.6) is 0 Å². The van der Waals surface area contributed by atoms with E-state index < -0.39 is 14.9 Å². The van der Waals surface area contributed by atoms with Gasteiger partial charge in [-0.3, -0.25) is 10.1 Å². The summed E-state index contributed by atoms with van der Waals surface area (Å²) in [6.07, 6.45) is 1.62. The molecule has 0 aliphatic carbocycles. The molecule has 0 atom stereocenters. The van der Waals surface area contributed by atoms with Gasteiger partial charge in [0.05, 0.1) is 10.6 Å². The molecular weight excluding hydrogens is 366 g/mol. The molecule has 8 heteroatoms. The zero-order valence-electron chi connectivity index (χ0n) is 15.5. The highest BCUT2D eigenvalue weighted by Crippen LogP contribution is 2.33. The summed E-state index contributed by atoms with van der Waals surface area (Å²) in [6, 6.07) is 11.9. The topological polar surface area (TPSA) is 83.8 Å². The van der Waals surface area contributed by atoms with Crippen molar-refractivity contribution in [2.45, 2.75) is 31.2 Å². The summed E-state index contributed by atoms with van der Waals surface area (Å²) in [4.78, 5) is 12.5. The van der Waals surface area contributed by atoms with Crippen molar-refractivity contribution < 1.29 is 13.3 Å². The van der Waals surface area contributed by atoms with Crippen molar-refractivity contribution in [3.63, 3.8) is 0 Å². The lowest BCUT2D eigenvalue weighted by atomic mass is 10.1. The first-order valence-corrected chi connectivity index (χ1v) is 10.3. The number of aryl methyl sites for hydroxylation is 1. The normalized spacial score (nSPS) is 15.0. The van der Waals surface area contributed by atoms with Gasteiger partial charge < -0.3 is 4.90 Å². The molecule has 0 bridgehead atoms. The van der Waals surface area contributed by atoms with Crippen molar-refractivity contribution >= 4 is 21.4 Å². The Kier molecular flexibility index (Phi) is 5.48. The van der Waals surface area contributed by atoms with Crippen LogP contribution in [0.4, 0.5) is 11.4 Å². The number of nitro benzene ring substituents is 1. The highest BCUT2D eigenvalue weighted by Gasteiger charge is 2.31. The van der Waals surface area contributed by atoms with Gasteiger partial charge in [-0.2, -0.15) is 4.31 Å². The smallest absolute Gasteiger partial charge is 0.270 e. The summed E-state index contributed by atoms with van der Waals surface area (Å²) in [5.74, 6) is 0. The number of hydrogen-bond acceptors (Lipinski definition) is 5. The van der Waals surface area contributed by atoms with Crippen molar-refractivity contribution in [3.05, 3.63) is 63.7 Å². The summed E-state index contributed by atoms with van der Waals surface area (Å²) < 4.78 is 27.7. The molecule has 0 saturated carbocycles. The molecule has 0 amide bonds. The second-order valence-corrected chi connectivity index (χ2v) is 8.71. The van der Waals surface area contributed by atoms with Gasteiger partial charge in [-0.15, -0.1) is 0 Å². The number of hydrogen-bond donors (Lipinski definition) is 0. The number of nitro groups is 1. The SMILES string of the molecule is Cc1ccccc1CN(C)c1ccc([N+](=O)[O-])cc1S(=O)(=O)N1CCCC1. The van der Waals surface area contributed by atoms with E-state index in [-0.39, 0.29) is 10.6 Å². The predicted molar refractivity (Wildman–Crippen MR) is 104 cm³/mol. The van der Waals surface area contributed by atoms with E-state index >= 15 is 0 Å². The van der Waals surface area contributed by atoms with Crippen LogP contribution in [0.15, 0.2) is 47.4 Å². The highest BCUT2D eigenvalue weighted by molar-refractivity contribution is 7.89. The summed E-state index contributed by atoms with van der Waals surface area (Å²) in [5, 5.41) is 11.2. The maximum Gasteiger partial charge on any atom is 0.270 e. The molecule has 144 valence electrons. The van der Waals surface area contributed by atoms with Crippen LogP contribution in [-0.4, -0.2) is 37.8 Å². The fourth-order valence-electron chi connectivity index (χ4n) is 3.33. The predicted octanol–water partition coefficient (Wildman–Crippen LogP) is 3.32. The van der Waals surface area contributed by atoms with Crippen molar-refractivity contribution in [1.29, 1.82) is 0 Å². The van der Waals surface area contributed by atoms with E-state index in [0.717, 1.165) is 24.0 Å². The Morgan fingerprint density at radius 3 is 2.44 bits per heavy atom. The minimum Gasteiger partial charge on any atom is -0.369 e. The van der Waals surface area contributed by atoms with E-state index in [9.17, 15) is 18.5 Å². The zero-order chi connectivity index (χ0) is 19.6. The lowest BCUT2D eigenvalue weighted by Gasteiger charge is -2.25. The van der Waals surface area contributed by atoms with E-state index in [0.29, 0.717) is 25.3 Å². The van der Waals surface area contributed by atoms with Gasteiger partial charge in [-0.1, -0.05) is 24.3 Å². The average Bonchev–Trinajstić information content (AvgIpc) is 3.18. The van der Waals surface area contributed by atoms with E-state index in [2.05, 4.69) is 0 Å². The number of anilines is 1. The Morgan fingerprint density at radius 2 is 1.81 bits per heavy atom. The second-order valence-electron chi connectivity index (χ2n) is 6.80. The minimum atomic E-state index is -3.79. The zero-order valence-corrected chi connectivity index (χ0v) is 16.3. The molecule has 1 aliphatic rings. The quantitative estimate of drug-likeness (QED) is 0.559. The van der Waals surface area contributed by atoms with Crippen molar-refractivity contribution in [2.24, 2.45) is 0 Å². The number of sulfonamides is 1. The molecule has 1 aliphatic heterocycles. The third-order valence-corrected chi connectivity index (χ3v) is 6.84. The van der Waals surface area contributed by atoms with Crippen LogP contribution in [0.1, 0.15) is 24.0 Å². The van der Waals surface area contributed by atoms with Crippen LogP contribution in [0.25, 0.3) is 0 Å². The van der Waals surface area contributed by atoms with Crippen LogP contribution < -0.4 is 4.90 Å². The van der Waals surface area contributed by atoms with Crippen molar-refractivity contribution in [3.8, 4) is 0 Å². The average molecular weight is 389 g/mol. The molecule has 1 saturated heterocycles. The van der Waals surface area contributed by atoms with E-state index in [1.54, 1.807) is 7.05 Å². The number of benzene rings is 2. The number of nitrogens with zero attached hydrogens (tertiary/aromatic N) is 3. The number of rotatable bonds is 6. The lowest BCUT2D eigenvalue weighted by molar-refractivity contribution is -0.385. The fraction of sp³-hybridized carbons (Fsp3) is 0.368. The molecule has 1 fully saturated rings. The Bertz CT molecular complexity index is 953. The molecule has 0 aromatic heterocycles. The Labute approximate surface area is 159 Å². The van der Waals surface area contributed by atoms with E-state index in [1.165, 1.54) is 22.5 Å². The van der Waals surface area contributed by atoms with E-state index in [4.69, 9.17) is 0 Å². The molecule has 0 unspecified atom stereocenters. The first-order valence-electron chi connectivity index (χ1n) is 8.85. The third-order valence-electron chi connectivity index (χ3n) is 4.92. The van der Waals surface area contributed by atoms with Gasteiger partial charge in [0.25, 0.3) is 5.69 Å². The molecule has 7 nitrogen and oxygen atoms in total. The molecule has 2 aromatic carbocycles. The number of non-ortho nitro benzene ring substituents is 1. The molecule has 0 radical (unpaired) electrons. The first-order chi connectivity index (χ1) is 12.8. The molecule has 1 heterocycles. The van der Waals surface area contributed by atoms with Gasteiger partial charge in [0.1, 0.15) is 4.90 Å². The lowest BCUT2D eigenvalue weighted by Crippen LogP contribution is -2.30. The monoisotopic (exact) mass is 389 g/mol. The molecular formula is C19H23N3O4S. The van der Waals surface area contributed by atoms with Crippen molar-refractivity contribution in [2.75, 3.05) is 25.0 Å². The van der Waals surface area contributed by atoms with Gasteiger partial charge in [0.2, 0.25) is 10.0 Å². The summed E-state index contributed by atoms with van der Waals surface area (Å²) >= 11 is 0. The standard InChI is InChI=1S/C19H23N3O4S/c1-15-7-3-4-8-16(15)14-20(2)18-10-9-17(22(23)24)13-19(18)27(25,26)21-11-5-6-12-21/h3-4,7-10,13H,5-6,11-12,14H2,1-2H3. The molecule has 27 heavy (non-hydrogen) atoms. The highest BCUT2D eigenvalue weighted by atomic mass is 32.2. The Balaban J connectivity index is 2.04. The van der Waals surface area contributed by atoms with Gasteiger partial charge in [0.15, 0.2) is 0 Å². The maximum absolute atomic E-state index is 13.1.